The summed E-state index contributed by atoms with van der Waals surface area (Å²) in [5.41, 5.74) is 4.43. The zero-order chi connectivity index (χ0) is 26.0. The molecule has 7 heteroatoms. The molecule has 0 saturated heterocycles. The maximum absolute atomic E-state index is 13.8. The molecule has 5 rings (SSSR count). The van der Waals surface area contributed by atoms with Gasteiger partial charge in [-0.1, -0.05) is 53.7 Å². The highest BCUT2D eigenvalue weighted by Crippen LogP contribution is 2.36. The van der Waals surface area contributed by atoms with Crippen LogP contribution in [0.5, 0.6) is 0 Å². The average molecular weight is 485 g/mol. The summed E-state index contributed by atoms with van der Waals surface area (Å²) in [7, 11) is 1.99. The van der Waals surface area contributed by atoms with Crippen LogP contribution >= 0.6 is 0 Å². The average Bonchev–Trinajstić information content (AvgIpc) is 3.15. The molecule has 0 spiro atoms. The summed E-state index contributed by atoms with van der Waals surface area (Å²) >= 11 is 0. The number of halogens is 1. The van der Waals surface area contributed by atoms with E-state index >= 15 is 0 Å². The summed E-state index contributed by atoms with van der Waals surface area (Å²) in [6.45, 7) is 14.7. The van der Waals surface area contributed by atoms with Crippen molar-refractivity contribution in [1.82, 2.24) is 19.9 Å². The number of benzene rings is 1. The van der Waals surface area contributed by atoms with Gasteiger partial charge in [-0.25, -0.2) is 19.5 Å². The van der Waals surface area contributed by atoms with Gasteiger partial charge in [-0.3, -0.25) is 0 Å². The van der Waals surface area contributed by atoms with E-state index in [2.05, 4.69) is 63.2 Å². The molecule has 0 saturated carbocycles. The number of aryl methyl sites for hydroxylation is 2. The fourth-order valence-electron chi connectivity index (χ4n) is 4.29. The van der Waals surface area contributed by atoms with Crippen LogP contribution in [0.15, 0.2) is 47.0 Å². The molecule has 0 radical (unpaired) electrons. The lowest BCUT2D eigenvalue weighted by molar-refractivity contribution is -0.659. The Kier molecular flexibility index (Phi) is 5.43. The van der Waals surface area contributed by atoms with Crippen LogP contribution in [0, 0.1) is 12.9 Å². The molecule has 1 aromatic carbocycles. The number of hydrogen-bond acceptors (Lipinski definition) is 5. The molecular formula is C29H31FN5O+. The molecule has 4 heterocycles. The second-order valence-electron chi connectivity index (χ2n) is 11.4. The Labute approximate surface area is 210 Å². The summed E-state index contributed by atoms with van der Waals surface area (Å²) < 4.78 is 21.9. The van der Waals surface area contributed by atoms with Crippen molar-refractivity contribution in [3.8, 4) is 22.6 Å². The Balaban J connectivity index is 1.68. The van der Waals surface area contributed by atoms with Crippen LogP contribution in [0.3, 0.4) is 0 Å². The van der Waals surface area contributed by atoms with Crippen LogP contribution in [-0.2, 0) is 17.9 Å². The molecule has 5 aromatic rings. The van der Waals surface area contributed by atoms with Crippen molar-refractivity contribution in [2.24, 2.45) is 7.05 Å². The Morgan fingerprint density at radius 2 is 1.42 bits per heavy atom. The number of hydrogen-bond donors (Lipinski definition) is 0. The van der Waals surface area contributed by atoms with Gasteiger partial charge in [-0.05, 0) is 30.7 Å². The predicted molar refractivity (Wildman–Crippen MR) is 139 cm³/mol. The third kappa shape index (κ3) is 4.12. The lowest BCUT2D eigenvalue weighted by atomic mass is 9.93. The van der Waals surface area contributed by atoms with Crippen LogP contribution in [0.1, 0.15) is 58.8 Å². The first-order chi connectivity index (χ1) is 16.8. The van der Waals surface area contributed by atoms with E-state index in [1.165, 1.54) is 6.07 Å². The molecular weight excluding hydrogens is 453 g/mol. The molecule has 36 heavy (non-hydrogen) atoms. The topological polar surface area (TPSA) is 68.6 Å². The van der Waals surface area contributed by atoms with Gasteiger partial charge in [0, 0.05) is 27.7 Å². The lowest BCUT2D eigenvalue weighted by Crippen LogP contribution is -2.31. The summed E-state index contributed by atoms with van der Waals surface area (Å²) in [5, 5.41) is 1.70. The van der Waals surface area contributed by atoms with Crippen molar-refractivity contribution in [2.75, 3.05) is 0 Å². The number of fused-ring (bicyclic) bond motifs is 3. The maximum atomic E-state index is 13.8. The fourth-order valence-corrected chi connectivity index (χ4v) is 4.29. The normalized spacial score (nSPS) is 12.6. The van der Waals surface area contributed by atoms with E-state index in [0.717, 1.165) is 44.8 Å². The molecule has 0 atom stereocenters. The van der Waals surface area contributed by atoms with E-state index in [9.17, 15) is 4.39 Å². The van der Waals surface area contributed by atoms with Crippen molar-refractivity contribution >= 4 is 22.1 Å². The molecule has 0 aliphatic heterocycles. The number of aromatic nitrogens is 5. The number of nitrogens with zero attached hydrogens (tertiary/aromatic N) is 5. The van der Waals surface area contributed by atoms with E-state index in [0.29, 0.717) is 17.1 Å². The molecule has 0 unspecified atom stereocenters. The van der Waals surface area contributed by atoms with Crippen LogP contribution in [0.4, 0.5) is 4.39 Å². The van der Waals surface area contributed by atoms with Gasteiger partial charge >= 0.3 is 0 Å². The molecule has 0 N–H and O–H groups in total. The van der Waals surface area contributed by atoms with E-state index in [4.69, 9.17) is 19.4 Å². The van der Waals surface area contributed by atoms with Crippen molar-refractivity contribution in [3.63, 3.8) is 0 Å². The number of furan rings is 1. The largest absolute Gasteiger partial charge is 0.437 e. The SMILES string of the molecule is Cc1ccc2c(oc3nc(F)ccc32)c1-c1ccc(-c2nc(C(C)(C)C)nc(C(C)(C)C)n2)c[n+]1C. The standard InChI is InChI=1S/C29H31FN5O/c1-16-9-11-18-19-12-14-21(30)31-25(19)36-23(18)22(16)20-13-10-17(15-35(20)8)24-32-26(28(2,3)4)34-27(33-24)29(5,6)7/h9-15H,1-8H3/q+1. The second kappa shape index (κ2) is 8.15. The van der Waals surface area contributed by atoms with Crippen LogP contribution in [0.25, 0.3) is 44.7 Å². The highest BCUT2D eigenvalue weighted by atomic mass is 19.1. The fraction of sp³-hybridized carbons (Fsp3) is 0.345. The second-order valence-corrected chi connectivity index (χ2v) is 11.4. The zero-order valence-corrected chi connectivity index (χ0v) is 22.1. The molecule has 0 bridgehead atoms. The first kappa shape index (κ1) is 24.0. The van der Waals surface area contributed by atoms with Crippen molar-refractivity contribution in [3.05, 3.63) is 65.8 Å². The first-order valence-electron chi connectivity index (χ1n) is 12.1. The van der Waals surface area contributed by atoms with Gasteiger partial charge < -0.3 is 4.42 Å². The van der Waals surface area contributed by atoms with Crippen molar-refractivity contribution in [1.29, 1.82) is 0 Å². The van der Waals surface area contributed by atoms with Gasteiger partial charge in [-0.15, -0.1) is 0 Å². The molecule has 0 amide bonds. The molecule has 4 aromatic heterocycles. The minimum atomic E-state index is -0.559. The Hall–Kier alpha value is -3.74. The van der Waals surface area contributed by atoms with Gasteiger partial charge in [0.15, 0.2) is 17.6 Å². The number of rotatable bonds is 2. The van der Waals surface area contributed by atoms with E-state index in [1.54, 1.807) is 6.07 Å². The lowest BCUT2D eigenvalue weighted by Gasteiger charge is -2.22. The van der Waals surface area contributed by atoms with Gasteiger partial charge in [0.2, 0.25) is 17.4 Å². The predicted octanol–water partition coefficient (Wildman–Crippen LogP) is 6.37. The Morgan fingerprint density at radius 3 is 2.03 bits per heavy atom. The molecule has 184 valence electrons. The van der Waals surface area contributed by atoms with Crippen LogP contribution in [0.2, 0.25) is 0 Å². The highest BCUT2D eigenvalue weighted by Gasteiger charge is 2.27. The minimum Gasteiger partial charge on any atom is -0.437 e. The zero-order valence-electron chi connectivity index (χ0n) is 22.1. The van der Waals surface area contributed by atoms with E-state index in [-0.39, 0.29) is 10.8 Å². The minimum absolute atomic E-state index is 0.207. The van der Waals surface area contributed by atoms with E-state index in [1.807, 2.05) is 32.3 Å². The number of pyridine rings is 2. The summed E-state index contributed by atoms with van der Waals surface area (Å²) in [6, 6.07) is 11.2. The van der Waals surface area contributed by atoms with Crippen LogP contribution in [-0.4, -0.2) is 19.9 Å². The quantitative estimate of drug-likeness (QED) is 0.215. The molecule has 0 fully saturated rings. The summed E-state index contributed by atoms with van der Waals surface area (Å²) in [5.74, 6) is 1.63. The Bertz CT molecular complexity index is 1610. The van der Waals surface area contributed by atoms with Crippen molar-refractivity contribution in [2.45, 2.75) is 59.3 Å². The summed E-state index contributed by atoms with van der Waals surface area (Å²) in [6.07, 6.45) is 2.03. The third-order valence-electron chi connectivity index (χ3n) is 6.31. The smallest absolute Gasteiger partial charge is 0.229 e. The highest BCUT2D eigenvalue weighted by molar-refractivity contribution is 6.08. The van der Waals surface area contributed by atoms with Gasteiger partial charge in [0.1, 0.15) is 18.7 Å². The van der Waals surface area contributed by atoms with Crippen molar-refractivity contribution < 1.29 is 13.4 Å². The molecule has 0 aliphatic carbocycles. The first-order valence-corrected chi connectivity index (χ1v) is 12.1. The maximum Gasteiger partial charge on any atom is 0.229 e. The van der Waals surface area contributed by atoms with E-state index < -0.39 is 5.95 Å². The third-order valence-corrected chi connectivity index (χ3v) is 6.31. The molecule has 6 nitrogen and oxygen atoms in total. The monoisotopic (exact) mass is 484 g/mol. The van der Waals surface area contributed by atoms with Gasteiger partial charge in [0.25, 0.3) is 0 Å². The Morgan fingerprint density at radius 1 is 0.778 bits per heavy atom. The molecule has 0 aliphatic rings. The van der Waals surface area contributed by atoms with Gasteiger partial charge in [-0.2, -0.15) is 9.37 Å². The van der Waals surface area contributed by atoms with Gasteiger partial charge in [0.05, 0.1) is 11.1 Å². The summed E-state index contributed by atoms with van der Waals surface area (Å²) in [4.78, 5) is 18.4. The van der Waals surface area contributed by atoms with Crippen LogP contribution < -0.4 is 4.57 Å².